The summed E-state index contributed by atoms with van der Waals surface area (Å²) < 4.78 is 13.1. The highest BCUT2D eigenvalue weighted by molar-refractivity contribution is 7.99. The van der Waals surface area contributed by atoms with Crippen molar-refractivity contribution in [3.8, 4) is 22.8 Å². The first-order valence-electron chi connectivity index (χ1n) is 10.2. The number of aryl methyl sites for hydroxylation is 1. The van der Waals surface area contributed by atoms with Crippen LogP contribution in [0.4, 0.5) is 0 Å². The zero-order valence-electron chi connectivity index (χ0n) is 17.9. The molecular formula is C23H26N4O3S. The Morgan fingerprint density at radius 2 is 1.97 bits per heavy atom. The van der Waals surface area contributed by atoms with Crippen molar-refractivity contribution in [3.05, 3.63) is 54.1 Å². The SMILES string of the molecule is COc1ccccc1-c1nnc(SCC(=O)N2CCOC(C)C2)n1-c1ccc(C)cc1. The topological polar surface area (TPSA) is 69.5 Å². The van der Waals surface area contributed by atoms with Crippen molar-refractivity contribution >= 4 is 17.7 Å². The highest BCUT2D eigenvalue weighted by Crippen LogP contribution is 2.33. The maximum atomic E-state index is 12.8. The van der Waals surface area contributed by atoms with E-state index in [4.69, 9.17) is 9.47 Å². The molecule has 8 heteroatoms. The molecule has 162 valence electrons. The molecule has 1 atom stereocenters. The van der Waals surface area contributed by atoms with Crippen LogP contribution in [0.25, 0.3) is 17.1 Å². The van der Waals surface area contributed by atoms with E-state index < -0.39 is 0 Å². The molecule has 0 N–H and O–H groups in total. The number of amides is 1. The van der Waals surface area contributed by atoms with Gasteiger partial charge in [0.1, 0.15) is 5.75 Å². The molecule has 1 unspecified atom stereocenters. The van der Waals surface area contributed by atoms with Crippen molar-refractivity contribution in [2.75, 3.05) is 32.6 Å². The molecule has 31 heavy (non-hydrogen) atoms. The molecule has 1 saturated heterocycles. The largest absolute Gasteiger partial charge is 0.496 e. The number of hydrogen-bond donors (Lipinski definition) is 0. The molecule has 0 spiro atoms. The number of ether oxygens (including phenoxy) is 2. The van der Waals surface area contributed by atoms with Gasteiger partial charge in [-0.2, -0.15) is 0 Å². The van der Waals surface area contributed by atoms with Gasteiger partial charge in [-0.3, -0.25) is 9.36 Å². The van der Waals surface area contributed by atoms with Gasteiger partial charge in [0.15, 0.2) is 11.0 Å². The number of benzene rings is 2. The number of para-hydroxylation sites is 1. The van der Waals surface area contributed by atoms with E-state index in [-0.39, 0.29) is 12.0 Å². The number of thioether (sulfide) groups is 1. The molecule has 2 aromatic carbocycles. The van der Waals surface area contributed by atoms with Gasteiger partial charge in [0.25, 0.3) is 0 Å². The molecule has 2 heterocycles. The van der Waals surface area contributed by atoms with E-state index in [1.807, 2.05) is 52.8 Å². The lowest BCUT2D eigenvalue weighted by Crippen LogP contribution is -2.45. The van der Waals surface area contributed by atoms with Crippen molar-refractivity contribution in [2.24, 2.45) is 0 Å². The average molecular weight is 439 g/mol. The van der Waals surface area contributed by atoms with Gasteiger partial charge in [0.05, 0.1) is 31.1 Å². The normalized spacial score (nSPS) is 16.4. The van der Waals surface area contributed by atoms with E-state index in [0.29, 0.717) is 36.4 Å². The minimum absolute atomic E-state index is 0.0658. The third kappa shape index (κ3) is 4.75. The lowest BCUT2D eigenvalue weighted by Gasteiger charge is -2.31. The Balaban J connectivity index is 1.65. The molecule has 0 aliphatic carbocycles. The zero-order chi connectivity index (χ0) is 21.8. The number of rotatable bonds is 6. The minimum atomic E-state index is 0.0658. The predicted octanol–water partition coefficient (Wildman–Crippen LogP) is 3.59. The maximum absolute atomic E-state index is 12.8. The van der Waals surface area contributed by atoms with Crippen molar-refractivity contribution < 1.29 is 14.3 Å². The number of carbonyl (C=O) groups excluding carboxylic acids is 1. The number of hydrogen-bond acceptors (Lipinski definition) is 6. The molecule has 1 aliphatic rings. The van der Waals surface area contributed by atoms with E-state index in [0.717, 1.165) is 17.0 Å². The van der Waals surface area contributed by atoms with Crippen molar-refractivity contribution in [1.82, 2.24) is 19.7 Å². The highest BCUT2D eigenvalue weighted by Gasteiger charge is 2.24. The number of aromatic nitrogens is 3. The Kier molecular flexibility index (Phi) is 6.58. The highest BCUT2D eigenvalue weighted by atomic mass is 32.2. The van der Waals surface area contributed by atoms with Gasteiger partial charge in [-0.05, 0) is 38.1 Å². The molecule has 0 radical (unpaired) electrons. The number of nitrogens with zero attached hydrogens (tertiary/aromatic N) is 4. The number of morpholine rings is 1. The van der Waals surface area contributed by atoms with Crippen molar-refractivity contribution in [3.63, 3.8) is 0 Å². The molecule has 3 aromatic rings. The van der Waals surface area contributed by atoms with Crippen LogP contribution < -0.4 is 4.74 Å². The van der Waals surface area contributed by atoms with E-state index in [1.54, 1.807) is 7.11 Å². The summed E-state index contributed by atoms with van der Waals surface area (Å²) in [5, 5.41) is 9.55. The molecule has 1 aliphatic heterocycles. The number of carbonyl (C=O) groups is 1. The second kappa shape index (κ2) is 9.53. The second-order valence-corrected chi connectivity index (χ2v) is 8.43. The van der Waals surface area contributed by atoms with Crippen LogP contribution in [0.2, 0.25) is 0 Å². The molecular weight excluding hydrogens is 412 g/mol. The van der Waals surface area contributed by atoms with E-state index in [2.05, 4.69) is 29.3 Å². The summed E-state index contributed by atoms with van der Waals surface area (Å²) in [7, 11) is 1.64. The number of methoxy groups -OCH3 is 1. The van der Waals surface area contributed by atoms with Gasteiger partial charge in [0, 0.05) is 18.8 Å². The molecule has 0 saturated carbocycles. The Bertz CT molecular complexity index is 1050. The summed E-state index contributed by atoms with van der Waals surface area (Å²) in [5.74, 6) is 1.77. The summed E-state index contributed by atoms with van der Waals surface area (Å²) in [5.41, 5.74) is 2.95. The van der Waals surface area contributed by atoms with Crippen LogP contribution in [0, 0.1) is 6.92 Å². The molecule has 7 nitrogen and oxygen atoms in total. The van der Waals surface area contributed by atoms with Crippen LogP contribution in [0.1, 0.15) is 12.5 Å². The first-order chi connectivity index (χ1) is 15.1. The third-order valence-electron chi connectivity index (χ3n) is 5.19. The average Bonchev–Trinajstić information content (AvgIpc) is 3.21. The van der Waals surface area contributed by atoms with Crippen LogP contribution in [-0.4, -0.2) is 64.2 Å². The maximum Gasteiger partial charge on any atom is 0.233 e. The summed E-state index contributed by atoms with van der Waals surface area (Å²) in [4.78, 5) is 14.6. The predicted molar refractivity (Wildman–Crippen MR) is 121 cm³/mol. The van der Waals surface area contributed by atoms with E-state index in [9.17, 15) is 4.79 Å². The monoisotopic (exact) mass is 438 g/mol. The van der Waals surface area contributed by atoms with Gasteiger partial charge in [-0.1, -0.05) is 41.6 Å². The summed E-state index contributed by atoms with van der Waals surface area (Å²) >= 11 is 1.39. The smallest absolute Gasteiger partial charge is 0.233 e. The fourth-order valence-corrected chi connectivity index (χ4v) is 4.41. The van der Waals surface area contributed by atoms with Gasteiger partial charge in [-0.25, -0.2) is 0 Å². The quantitative estimate of drug-likeness (QED) is 0.548. The fraction of sp³-hybridized carbons (Fsp3) is 0.348. The molecule has 1 aromatic heterocycles. The Morgan fingerprint density at radius 1 is 1.19 bits per heavy atom. The molecule has 0 bridgehead atoms. The van der Waals surface area contributed by atoms with Crippen LogP contribution in [-0.2, 0) is 9.53 Å². The Hall–Kier alpha value is -2.84. The van der Waals surface area contributed by atoms with Gasteiger partial charge in [0.2, 0.25) is 5.91 Å². The van der Waals surface area contributed by atoms with Crippen molar-refractivity contribution in [2.45, 2.75) is 25.1 Å². The van der Waals surface area contributed by atoms with Gasteiger partial charge < -0.3 is 14.4 Å². The second-order valence-electron chi connectivity index (χ2n) is 7.49. The lowest BCUT2D eigenvalue weighted by atomic mass is 10.1. The van der Waals surface area contributed by atoms with Crippen molar-refractivity contribution in [1.29, 1.82) is 0 Å². The third-order valence-corrected chi connectivity index (χ3v) is 6.11. The Morgan fingerprint density at radius 3 is 2.71 bits per heavy atom. The molecule has 1 amide bonds. The minimum Gasteiger partial charge on any atom is -0.496 e. The van der Waals surface area contributed by atoms with Gasteiger partial charge >= 0.3 is 0 Å². The molecule has 4 rings (SSSR count). The van der Waals surface area contributed by atoms with Crippen LogP contribution in [0.3, 0.4) is 0 Å². The van der Waals surface area contributed by atoms with E-state index >= 15 is 0 Å². The summed E-state index contributed by atoms with van der Waals surface area (Å²) in [6.07, 6.45) is 0.0658. The van der Waals surface area contributed by atoms with Gasteiger partial charge in [-0.15, -0.1) is 10.2 Å². The standard InChI is InChI=1S/C23H26N4O3S/c1-16-8-10-18(11-9-16)27-22(19-6-4-5-7-20(19)29-3)24-25-23(27)31-15-21(28)26-12-13-30-17(2)14-26/h4-11,17H,12-15H2,1-3H3. The summed E-state index contributed by atoms with van der Waals surface area (Å²) in [6.45, 7) is 5.86. The first-order valence-corrected chi connectivity index (χ1v) is 11.2. The van der Waals surface area contributed by atoms with Crippen LogP contribution in [0.15, 0.2) is 53.7 Å². The van der Waals surface area contributed by atoms with Crippen LogP contribution in [0.5, 0.6) is 5.75 Å². The zero-order valence-corrected chi connectivity index (χ0v) is 18.8. The fourth-order valence-electron chi connectivity index (χ4n) is 3.56. The first kappa shape index (κ1) is 21.4. The lowest BCUT2D eigenvalue weighted by molar-refractivity contribution is -0.135. The summed E-state index contributed by atoms with van der Waals surface area (Å²) in [6, 6.07) is 15.9. The van der Waals surface area contributed by atoms with Crippen LogP contribution >= 0.6 is 11.8 Å². The van der Waals surface area contributed by atoms with E-state index in [1.165, 1.54) is 17.3 Å². The Labute approximate surface area is 186 Å². The molecule has 1 fully saturated rings.